The first kappa shape index (κ1) is 15.8. The van der Waals surface area contributed by atoms with Gasteiger partial charge in [0.15, 0.2) is 5.69 Å². The van der Waals surface area contributed by atoms with Gasteiger partial charge in [-0.05, 0) is 23.7 Å². The van der Waals surface area contributed by atoms with E-state index in [9.17, 15) is 10.0 Å². The molecular weight excluding hydrogens is 304 g/mol. The summed E-state index contributed by atoms with van der Waals surface area (Å²) in [5.41, 5.74) is 2.72. The average molecular weight is 322 g/mol. The van der Waals surface area contributed by atoms with Crippen molar-refractivity contribution in [2.45, 2.75) is 13.5 Å². The third kappa shape index (κ3) is 2.65. The molecule has 0 saturated carbocycles. The van der Waals surface area contributed by atoms with Crippen molar-refractivity contribution in [1.29, 1.82) is 0 Å². The maximum absolute atomic E-state index is 11.2. The minimum Gasteiger partial charge on any atom is -0.493 e. The summed E-state index contributed by atoms with van der Waals surface area (Å²) in [5.74, 6) is 0.584. The average Bonchev–Trinajstić information content (AvgIpc) is 2.86. The zero-order valence-electron chi connectivity index (χ0n) is 13.4. The fourth-order valence-electron chi connectivity index (χ4n) is 2.90. The van der Waals surface area contributed by atoms with Crippen LogP contribution in [0.15, 0.2) is 60.3 Å². The highest BCUT2D eigenvalue weighted by Crippen LogP contribution is 2.40. The van der Waals surface area contributed by atoms with E-state index >= 15 is 0 Å². The lowest BCUT2D eigenvalue weighted by molar-refractivity contribution is 0.357. The Morgan fingerprint density at radius 2 is 2.04 bits per heavy atom. The minimum absolute atomic E-state index is 0.0678. The molecule has 5 nitrogen and oxygen atoms in total. The van der Waals surface area contributed by atoms with Gasteiger partial charge >= 0.3 is 0 Å². The summed E-state index contributed by atoms with van der Waals surface area (Å²) in [6.45, 7) is 6.36. The molecule has 1 heterocycles. The molecule has 2 aromatic carbocycles. The van der Waals surface area contributed by atoms with Gasteiger partial charge in [-0.15, -0.1) is 4.91 Å². The van der Waals surface area contributed by atoms with Gasteiger partial charge < -0.3 is 14.4 Å². The summed E-state index contributed by atoms with van der Waals surface area (Å²) in [4.78, 5) is 11.2. The Morgan fingerprint density at radius 3 is 2.79 bits per heavy atom. The van der Waals surface area contributed by atoms with Gasteiger partial charge in [-0.2, -0.15) is 0 Å². The maximum Gasteiger partial charge on any atom is 0.222 e. The Bertz CT molecular complexity index is 912. The summed E-state index contributed by atoms with van der Waals surface area (Å²) < 4.78 is 7.37. The van der Waals surface area contributed by atoms with E-state index in [4.69, 9.17) is 4.74 Å². The number of nitroso groups, excluding NO2 is 1. The van der Waals surface area contributed by atoms with E-state index < -0.39 is 0 Å². The topological polar surface area (TPSA) is 63.8 Å². The first-order valence-electron chi connectivity index (χ1n) is 7.63. The van der Waals surface area contributed by atoms with E-state index in [2.05, 4.69) is 11.8 Å². The predicted octanol–water partition coefficient (Wildman–Crippen LogP) is 4.67. The zero-order valence-corrected chi connectivity index (χ0v) is 13.4. The third-order valence-electron chi connectivity index (χ3n) is 3.98. The van der Waals surface area contributed by atoms with Gasteiger partial charge in [-0.25, -0.2) is 0 Å². The maximum atomic E-state index is 11.2. The molecule has 3 aromatic rings. The first-order valence-corrected chi connectivity index (χ1v) is 7.63. The lowest BCUT2D eigenvalue weighted by Gasteiger charge is -2.13. The number of aromatic nitrogens is 1. The van der Waals surface area contributed by atoms with Crippen LogP contribution in [0.5, 0.6) is 11.6 Å². The van der Waals surface area contributed by atoms with Crippen molar-refractivity contribution in [3.05, 3.63) is 71.2 Å². The van der Waals surface area contributed by atoms with Crippen molar-refractivity contribution in [3.63, 3.8) is 0 Å². The quantitative estimate of drug-likeness (QED) is 0.530. The van der Waals surface area contributed by atoms with E-state index in [0.29, 0.717) is 24.3 Å². The molecule has 5 heteroatoms. The molecule has 0 aliphatic rings. The number of fused-ring (bicyclic) bond motifs is 1. The second-order valence-corrected chi connectivity index (χ2v) is 5.53. The van der Waals surface area contributed by atoms with Gasteiger partial charge in [0, 0.05) is 10.9 Å². The third-order valence-corrected chi connectivity index (χ3v) is 3.98. The van der Waals surface area contributed by atoms with Gasteiger partial charge in [-0.3, -0.25) is 0 Å². The van der Waals surface area contributed by atoms with Gasteiger partial charge in [-0.1, -0.05) is 49.1 Å². The van der Waals surface area contributed by atoms with E-state index in [1.165, 1.54) is 0 Å². The van der Waals surface area contributed by atoms with Gasteiger partial charge in [0.1, 0.15) is 12.4 Å². The minimum atomic E-state index is -0.132. The summed E-state index contributed by atoms with van der Waals surface area (Å²) in [7, 11) is 0. The Morgan fingerprint density at radius 1 is 1.25 bits per heavy atom. The summed E-state index contributed by atoms with van der Waals surface area (Å²) in [6.07, 6.45) is 1.68. The smallest absolute Gasteiger partial charge is 0.222 e. The van der Waals surface area contributed by atoms with Gasteiger partial charge in [0.25, 0.3) is 0 Å². The van der Waals surface area contributed by atoms with Crippen molar-refractivity contribution in [1.82, 2.24) is 4.57 Å². The van der Waals surface area contributed by atoms with Crippen molar-refractivity contribution in [3.8, 4) is 11.6 Å². The van der Waals surface area contributed by atoms with Crippen LogP contribution in [0.1, 0.15) is 11.1 Å². The predicted molar refractivity (Wildman–Crippen MR) is 95.0 cm³/mol. The number of rotatable bonds is 6. The van der Waals surface area contributed by atoms with Crippen LogP contribution >= 0.6 is 0 Å². The molecular formula is C19H18N2O3. The summed E-state index contributed by atoms with van der Waals surface area (Å²) in [5, 5.41) is 14.1. The number of hydrogen-bond donors (Lipinski definition) is 1. The Balaban J connectivity index is 2.13. The fourth-order valence-corrected chi connectivity index (χ4v) is 2.90. The summed E-state index contributed by atoms with van der Waals surface area (Å²) in [6, 6.07) is 13.2. The van der Waals surface area contributed by atoms with Gasteiger partial charge in [0.2, 0.25) is 5.88 Å². The first-order chi connectivity index (χ1) is 11.7. The molecule has 0 saturated heterocycles. The van der Waals surface area contributed by atoms with E-state index in [1.807, 2.05) is 43.3 Å². The van der Waals surface area contributed by atoms with E-state index in [1.54, 1.807) is 16.7 Å². The monoisotopic (exact) mass is 322 g/mol. The number of aromatic hydroxyl groups is 1. The van der Waals surface area contributed by atoms with Crippen LogP contribution in [0, 0.1) is 11.8 Å². The van der Waals surface area contributed by atoms with E-state index in [0.717, 1.165) is 16.6 Å². The molecule has 0 aliphatic heterocycles. The number of benzene rings is 2. The van der Waals surface area contributed by atoms with Crippen LogP contribution in [0.4, 0.5) is 5.69 Å². The fraction of sp³-hybridized carbons (Fsp3) is 0.158. The number of aryl methyl sites for hydroxylation is 1. The second-order valence-electron chi connectivity index (χ2n) is 5.53. The van der Waals surface area contributed by atoms with Crippen molar-refractivity contribution < 1.29 is 9.84 Å². The molecule has 1 N–H and O–H groups in total. The zero-order chi connectivity index (χ0) is 17.1. The largest absolute Gasteiger partial charge is 0.493 e. The molecule has 0 atom stereocenters. The molecule has 3 rings (SSSR count). The SMILES string of the molecule is C=CCOc1ccccc1Cn1c(O)c(N=O)c2cccc(C)c21. The number of para-hydroxylation sites is 2. The van der Waals surface area contributed by atoms with Crippen LogP contribution in [0.2, 0.25) is 0 Å². The molecule has 0 fully saturated rings. The molecule has 0 bridgehead atoms. The molecule has 0 radical (unpaired) electrons. The second kappa shape index (κ2) is 6.58. The van der Waals surface area contributed by atoms with E-state index in [-0.39, 0.29) is 11.6 Å². The normalized spacial score (nSPS) is 10.7. The Kier molecular flexibility index (Phi) is 4.33. The van der Waals surface area contributed by atoms with Crippen LogP contribution in [-0.4, -0.2) is 16.3 Å². The molecule has 122 valence electrons. The molecule has 0 spiro atoms. The number of hydrogen-bond acceptors (Lipinski definition) is 4. The van der Waals surface area contributed by atoms with Crippen molar-refractivity contribution >= 4 is 16.6 Å². The van der Waals surface area contributed by atoms with Crippen molar-refractivity contribution in [2.75, 3.05) is 6.61 Å². The lowest BCUT2D eigenvalue weighted by atomic mass is 10.1. The molecule has 0 aliphatic carbocycles. The molecule has 1 aromatic heterocycles. The summed E-state index contributed by atoms with van der Waals surface area (Å²) >= 11 is 0. The highest BCUT2D eigenvalue weighted by molar-refractivity contribution is 5.96. The van der Waals surface area contributed by atoms with Gasteiger partial charge in [0.05, 0.1) is 12.1 Å². The van der Waals surface area contributed by atoms with Crippen LogP contribution in [0.25, 0.3) is 10.9 Å². The molecule has 0 amide bonds. The standard InChI is InChI=1S/C19H18N2O3/c1-3-11-24-16-10-5-4-8-14(16)12-21-18-13(2)7-6-9-15(18)17(20-23)19(21)22/h3-10,22H,1,11-12H2,2H3. The highest BCUT2D eigenvalue weighted by Gasteiger charge is 2.19. The molecule has 24 heavy (non-hydrogen) atoms. The van der Waals surface area contributed by atoms with Crippen LogP contribution in [-0.2, 0) is 6.54 Å². The molecule has 0 unspecified atom stereocenters. The number of nitrogens with zero attached hydrogens (tertiary/aromatic N) is 2. The number of ether oxygens (including phenoxy) is 1. The van der Waals surface area contributed by atoms with Crippen LogP contribution in [0.3, 0.4) is 0 Å². The Hall–Kier alpha value is -3.08. The highest BCUT2D eigenvalue weighted by atomic mass is 16.5. The van der Waals surface area contributed by atoms with Crippen LogP contribution < -0.4 is 4.74 Å². The van der Waals surface area contributed by atoms with Crippen molar-refractivity contribution in [2.24, 2.45) is 5.18 Å². The Labute approximate surface area is 139 Å². The lowest BCUT2D eigenvalue weighted by Crippen LogP contribution is -2.03.